The van der Waals surface area contributed by atoms with Crippen molar-refractivity contribution in [3.05, 3.63) is 65.2 Å². The summed E-state index contributed by atoms with van der Waals surface area (Å²) in [6.45, 7) is 9.23. The molecule has 2 aromatic carbocycles. The van der Waals surface area contributed by atoms with Gasteiger partial charge in [-0.15, -0.1) is 0 Å². The van der Waals surface area contributed by atoms with E-state index in [-0.39, 0.29) is 17.2 Å². The summed E-state index contributed by atoms with van der Waals surface area (Å²) in [6, 6.07) is 15.7. The Hall–Kier alpha value is -2.66. The SMILES string of the molecule is CC(=O)Nc1ccc(CN(Cc2cccc(CN)c2)C(=O)CC(C)(C)C)cc1. The Morgan fingerprint density at radius 2 is 1.57 bits per heavy atom. The van der Waals surface area contributed by atoms with E-state index in [0.29, 0.717) is 26.1 Å². The fraction of sp³-hybridized carbons (Fsp3) is 0.391. The fourth-order valence-electron chi connectivity index (χ4n) is 2.99. The average Bonchev–Trinajstić information content (AvgIpc) is 2.61. The Balaban J connectivity index is 2.19. The lowest BCUT2D eigenvalue weighted by Crippen LogP contribution is -2.32. The monoisotopic (exact) mass is 381 g/mol. The van der Waals surface area contributed by atoms with Crippen molar-refractivity contribution in [2.24, 2.45) is 11.1 Å². The zero-order valence-electron chi connectivity index (χ0n) is 17.3. The number of nitrogens with zero attached hydrogens (tertiary/aromatic N) is 1. The topological polar surface area (TPSA) is 75.4 Å². The lowest BCUT2D eigenvalue weighted by Gasteiger charge is -2.27. The van der Waals surface area contributed by atoms with Crippen LogP contribution in [0.2, 0.25) is 0 Å². The highest BCUT2D eigenvalue weighted by atomic mass is 16.2. The minimum Gasteiger partial charge on any atom is -0.334 e. The van der Waals surface area contributed by atoms with Gasteiger partial charge in [0, 0.05) is 38.7 Å². The third-order valence-electron chi connectivity index (χ3n) is 4.28. The van der Waals surface area contributed by atoms with Crippen LogP contribution < -0.4 is 11.1 Å². The number of amides is 2. The van der Waals surface area contributed by atoms with Crippen molar-refractivity contribution in [2.75, 3.05) is 5.32 Å². The number of nitrogens with one attached hydrogen (secondary N) is 1. The molecule has 0 aromatic heterocycles. The van der Waals surface area contributed by atoms with E-state index >= 15 is 0 Å². The van der Waals surface area contributed by atoms with Gasteiger partial charge in [-0.3, -0.25) is 9.59 Å². The van der Waals surface area contributed by atoms with Gasteiger partial charge in [0.15, 0.2) is 0 Å². The molecule has 2 amide bonds. The number of hydrogen-bond donors (Lipinski definition) is 2. The minimum absolute atomic E-state index is 0.0797. The normalized spacial score (nSPS) is 11.2. The lowest BCUT2D eigenvalue weighted by atomic mass is 9.91. The molecule has 0 fully saturated rings. The summed E-state index contributed by atoms with van der Waals surface area (Å²) >= 11 is 0. The van der Waals surface area contributed by atoms with E-state index in [1.807, 2.05) is 47.4 Å². The number of nitrogens with two attached hydrogens (primary N) is 1. The molecule has 0 aliphatic heterocycles. The minimum atomic E-state index is -0.102. The molecule has 0 aliphatic carbocycles. The van der Waals surface area contributed by atoms with Gasteiger partial charge in [-0.25, -0.2) is 0 Å². The van der Waals surface area contributed by atoms with Crippen LogP contribution >= 0.6 is 0 Å². The van der Waals surface area contributed by atoms with Gasteiger partial charge in [-0.05, 0) is 34.2 Å². The second kappa shape index (κ2) is 9.51. The summed E-state index contributed by atoms with van der Waals surface area (Å²) in [5.41, 5.74) is 9.57. The number of carbonyl (C=O) groups excluding carboxylic acids is 2. The van der Waals surface area contributed by atoms with Crippen LogP contribution in [0, 0.1) is 5.41 Å². The highest BCUT2D eigenvalue weighted by molar-refractivity contribution is 5.88. The van der Waals surface area contributed by atoms with Gasteiger partial charge < -0.3 is 16.0 Å². The van der Waals surface area contributed by atoms with Crippen molar-refractivity contribution >= 4 is 17.5 Å². The molecule has 5 nitrogen and oxygen atoms in total. The molecular weight excluding hydrogens is 350 g/mol. The molecular formula is C23H31N3O2. The highest BCUT2D eigenvalue weighted by Crippen LogP contribution is 2.22. The van der Waals surface area contributed by atoms with E-state index in [0.717, 1.165) is 22.4 Å². The summed E-state index contributed by atoms with van der Waals surface area (Å²) < 4.78 is 0. The van der Waals surface area contributed by atoms with E-state index in [1.165, 1.54) is 6.92 Å². The van der Waals surface area contributed by atoms with Crippen molar-refractivity contribution in [3.8, 4) is 0 Å². The van der Waals surface area contributed by atoms with Gasteiger partial charge in [0.1, 0.15) is 0 Å². The van der Waals surface area contributed by atoms with E-state index < -0.39 is 0 Å². The molecule has 0 radical (unpaired) electrons. The molecule has 3 N–H and O–H groups in total. The fourth-order valence-corrected chi connectivity index (χ4v) is 2.99. The standard InChI is InChI=1S/C23H31N3O2/c1-17(27)25-21-10-8-18(9-11-21)15-26(22(28)13-23(2,3)4)16-20-7-5-6-19(12-20)14-24/h5-12H,13-16,24H2,1-4H3,(H,25,27). The summed E-state index contributed by atoms with van der Waals surface area (Å²) in [4.78, 5) is 26.0. The van der Waals surface area contributed by atoms with Crippen LogP contribution in [0.1, 0.15) is 50.8 Å². The van der Waals surface area contributed by atoms with Crippen LogP contribution in [-0.2, 0) is 29.2 Å². The third kappa shape index (κ3) is 7.16. The number of benzene rings is 2. The number of anilines is 1. The van der Waals surface area contributed by atoms with Gasteiger partial charge in [-0.2, -0.15) is 0 Å². The van der Waals surface area contributed by atoms with Crippen LogP contribution in [0.15, 0.2) is 48.5 Å². The predicted molar refractivity (Wildman–Crippen MR) is 113 cm³/mol. The molecule has 5 heteroatoms. The molecule has 28 heavy (non-hydrogen) atoms. The average molecular weight is 382 g/mol. The van der Waals surface area contributed by atoms with Gasteiger partial charge in [0.2, 0.25) is 11.8 Å². The summed E-state index contributed by atoms with van der Waals surface area (Å²) in [5, 5.41) is 2.76. The van der Waals surface area contributed by atoms with Crippen LogP contribution in [0.5, 0.6) is 0 Å². The van der Waals surface area contributed by atoms with E-state index in [9.17, 15) is 9.59 Å². The zero-order chi connectivity index (χ0) is 20.7. The van der Waals surface area contributed by atoms with Crippen molar-refractivity contribution in [3.63, 3.8) is 0 Å². The maximum Gasteiger partial charge on any atom is 0.223 e. The van der Waals surface area contributed by atoms with Crippen molar-refractivity contribution in [1.29, 1.82) is 0 Å². The van der Waals surface area contributed by atoms with Gasteiger partial charge in [-0.1, -0.05) is 57.2 Å². The Morgan fingerprint density at radius 3 is 2.14 bits per heavy atom. The smallest absolute Gasteiger partial charge is 0.223 e. The third-order valence-corrected chi connectivity index (χ3v) is 4.28. The highest BCUT2D eigenvalue weighted by Gasteiger charge is 2.21. The first-order valence-electron chi connectivity index (χ1n) is 9.58. The molecule has 0 heterocycles. The summed E-state index contributed by atoms with van der Waals surface area (Å²) in [5.74, 6) is 0.0195. The molecule has 0 saturated heterocycles. The molecule has 0 saturated carbocycles. The first kappa shape index (κ1) is 21.6. The molecule has 0 bridgehead atoms. The van der Waals surface area contributed by atoms with Crippen LogP contribution in [0.3, 0.4) is 0 Å². The summed E-state index contributed by atoms with van der Waals surface area (Å²) in [7, 11) is 0. The molecule has 2 aromatic rings. The van der Waals surface area contributed by atoms with Crippen molar-refractivity contribution < 1.29 is 9.59 Å². The molecule has 0 spiro atoms. The lowest BCUT2D eigenvalue weighted by molar-refractivity contribution is -0.134. The molecule has 0 unspecified atom stereocenters. The molecule has 2 rings (SSSR count). The van der Waals surface area contributed by atoms with Crippen molar-refractivity contribution in [2.45, 2.75) is 53.8 Å². The van der Waals surface area contributed by atoms with Gasteiger partial charge >= 0.3 is 0 Å². The van der Waals surface area contributed by atoms with Gasteiger partial charge in [0.05, 0.1) is 0 Å². The van der Waals surface area contributed by atoms with Crippen LogP contribution in [0.25, 0.3) is 0 Å². The van der Waals surface area contributed by atoms with E-state index in [4.69, 9.17) is 5.73 Å². The summed E-state index contributed by atoms with van der Waals surface area (Å²) in [6.07, 6.45) is 0.480. The Kier molecular flexibility index (Phi) is 7.35. The number of hydrogen-bond acceptors (Lipinski definition) is 3. The number of carbonyl (C=O) groups is 2. The maximum atomic E-state index is 13.0. The quantitative estimate of drug-likeness (QED) is 0.759. The molecule has 0 atom stereocenters. The Bertz CT molecular complexity index is 807. The van der Waals surface area contributed by atoms with Crippen LogP contribution in [-0.4, -0.2) is 16.7 Å². The maximum absolute atomic E-state index is 13.0. The zero-order valence-corrected chi connectivity index (χ0v) is 17.3. The second-order valence-corrected chi connectivity index (χ2v) is 8.39. The first-order chi connectivity index (χ1) is 13.2. The first-order valence-corrected chi connectivity index (χ1v) is 9.58. The Labute approximate surface area is 167 Å². The Morgan fingerprint density at radius 1 is 0.964 bits per heavy atom. The molecule has 150 valence electrons. The van der Waals surface area contributed by atoms with E-state index in [1.54, 1.807) is 0 Å². The van der Waals surface area contributed by atoms with E-state index in [2.05, 4.69) is 32.2 Å². The largest absolute Gasteiger partial charge is 0.334 e. The predicted octanol–water partition coefficient (Wildman–Crippen LogP) is 4.07. The second-order valence-electron chi connectivity index (χ2n) is 8.39. The number of rotatable bonds is 7. The van der Waals surface area contributed by atoms with Crippen molar-refractivity contribution in [1.82, 2.24) is 4.90 Å². The van der Waals surface area contributed by atoms with Crippen LogP contribution in [0.4, 0.5) is 5.69 Å². The molecule has 0 aliphatic rings. The van der Waals surface area contributed by atoms with Gasteiger partial charge in [0.25, 0.3) is 0 Å².